The molecule has 0 radical (unpaired) electrons. The van der Waals surface area contributed by atoms with Crippen molar-refractivity contribution in [2.45, 2.75) is 13.0 Å². The zero-order valence-corrected chi connectivity index (χ0v) is 10.5. The van der Waals surface area contributed by atoms with Gasteiger partial charge in [-0.3, -0.25) is 10.1 Å². The average Bonchev–Trinajstić information content (AvgIpc) is 2.87. The summed E-state index contributed by atoms with van der Waals surface area (Å²) in [5.41, 5.74) is 6.84. The highest BCUT2D eigenvalue weighted by molar-refractivity contribution is 5.52. The fourth-order valence-corrected chi connectivity index (χ4v) is 1.57. The largest absolute Gasteiger partial charge is 0.494 e. The minimum absolute atomic E-state index is 0.0480. The predicted octanol–water partition coefficient (Wildman–Crippen LogP) is 1.20. The first-order chi connectivity index (χ1) is 9.02. The van der Waals surface area contributed by atoms with Gasteiger partial charge in [-0.25, -0.2) is 4.68 Å². The molecule has 0 saturated heterocycles. The van der Waals surface area contributed by atoms with Crippen LogP contribution in [0.3, 0.4) is 0 Å². The first-order valence-corrected chi connectivity index (χ1v) is 5.53. The Morgan fingerprint density at radius 2 is 2.26 bits per heavy atom. The van der Waals surface area contributed by atoms with E-state index >= 15 is 0 Å². The van der Waals surface area contributed by atoms with Crippen LogP contribution in [0.1, 0.15) is 18.7 Å². The van der Waals surface area contributed by atoms with E-state index in [1.54, 1.807) is 19.2 Å². The molecule has 2 rings (SSSR count). The molecule has 0 aliphatic rings. The molecule has 0 aliphatic carbocycles. The van der Waals surface area contributed by atoms with Gasteiger partial charge in [0.2, 0.25) is 0 Å². The molecular formula is C11H13N5O3. The van der Waals surface area contributed by atoms with Crippen LogP contribution >= 0.6 is 0 Å². The van der Waals surface area contributed by atoms with Gasteiger partial charge < -0.3 is 10.5 Å². The third-order valence-corrected chi connectivity index (χ3v) is 2.60. The summed E-state index contributed by atoms with van der Waals surface area (Å²) in [5.74, 6) is 0.343. The lowest BCUT2D eigenvalue weighted by Gasteiger charge is -2.07. The molecule has 8 heteroatoms. The molecular weight excluding hydrogens is 250 g/mol. The van der Waals surface area contributed by atoms with Crippen LogP contribution < -0.4 is 10.5 Å². The van der Waals surface area contributed by atoms with Gasteiger partial charge in [-0.15, -0.1) is 5.10 Å². The monoisotopic (exact) mass is 263 g/mol. The maximum Gasteiger partial charge on any atom is 0.273 e. The Morgan fingerprint density at radius 3 is 2.79 bits per heavy atom. The van der Waals surface area contributed by atoms with Gasteiger partial charge in [0.15, 0.2) is 5.75 Å². The molecule has 0 spiro atoms. The Morgan fingerprint density at radius 1 is 1.53 bits per heavy atom. The molecule has 1 unspecified atom stereocenters. The molecule has 0 fully saturated rings. The summed E-state index contributed by atoms with van der Waals surface area (Å²) in [7, 11) is 1.44. The van der Waals surface area contributed by atoms with Crippen LogP contribution in [-0.4, -0.2) is 27.0 Å². The number of rotatable bonds is 4. The van der Waals surface area contributed by atoms with Crippen LogP contribution in [0.5, 0.6) is 5.75 Å². The van der Waals surface area contributed by atoms with Gasteiger partial charge in [-0.1, -0.05) is 5.21 Å². The molecule has 0 aliphatic heterocycles. The van der Waals surface area contributed by atoms with Crippen molar-refractivity contribution in [1.29, 1.82) is 0 Å². The van der Waals surface area contributed by atoms with Crippen molar-refractivity contribution in [2.24, 2.45) is 5.73 Å². The van der Waals surface area contributed by atoms with Crippen molar-refractivity contribution < 1.29 is 9.66 Å². The second-order valence-corrected chi connectivity index (χ2v) is 3.99. The smallest absolute Gasteiger partial charge is 0.273 e. The summed E-state index contributed by atoms with van der Waals surface area (Å²) in [6.07, 6.45) is 1.66. The average molecular weight is 263 g/mol. The van der Waals surface area contributed by atoms with Crippen LogP contribution in [0.2, 0.25) is 0 Å². The summed E-state index contributed by atoms with van der Waals surface area (Å²) < 4.78 is 6.61. The SMILES string of the molecule is COc1cc([N+](=O)[O-])ccc1-n1cc(C(C)N)nn1. The third-order valence-electron chi connectivity index (χ3n) is 2.60. The molecule has 2 aromatic rings. The Balaban J connectivity index is 2.46. The number of non-ortho nitro benzene ring substituents is 1. The molecule has 0 amide bonds. The standard InChI is InChI=1S/C11H13N5O3/c1-7(12)9-6-15(14-13-9)10-4-3-8(16(17)18)5-11(10)19-2/h3-7H,12H2,1-2H3. The number of aromatic nitrogens is 3. The topological polar surface area (TPSA) is 109 Å². The number of nitro groups is 1. The molecule has 0 saturated carbocycles. The van der Waals surface area contributed by atoms with Gasteiger partial charge in [0.1, 0.15) is 5.69 Å². The Bertz CT molecular complexity index is 608. The third kappa shape index (κ3) is 2.52. The lowest BCUT2D eigenvalue weighted by Crippen LogP contribution is -2.05. The second kappa shape index (κ2) is 5.02. The number of hydrogen-bond donors (Lipinski definition) is 1. The zero-order chi connectivity index (χ0) is 14.0. The Hall–Kier alpha value is -2.48. The van der Waals surface area contributed by atoms with Crippen molar-refractivity contribution in [1.82, 2.24) is 15.0 Å². The number of benzene rings is 1. The second-order valence-electron chi connectivity index (χ2n) is 3.99. The van der Waals surface area contributed by atoms with E-state index in [1.807, 2.05) is 0 Å². The minimum atomic E-state index is -0.485. The number of nitrogens with two attached hydrogens (primary N) is 1. The summed E-state index contributed by atoms with van der Waals surface area (Å²) in [5, 5.41) is 18.6. The van der Waals surface area contributed by atoms with E-state index in [9.17, 15) is 10.1 Å². The lowest BCUT2D eigenvalue weighted by atomic mass is 10.2. The van der Waals surface area contributed by atoms with E-state index in [0.717, 1.165) is 0 Å². The van der Waals surface area contributed by atoms with Crippen LogP contribution in [0.4, 0.5) is 5.69 Å². The van der Waals surface area contributed by atoms with Crippen molar-refractivity contribution >= 4 is 5.69 Å². The van der Waals surface area contributed by atoms with Gasteiger partial charge in [-0.2, -0.15) is 0 Å². The first-order valence-electron chi connectivity index (χ1n) is 5.53. The highest BCUT2D eigenvalue weighted by atomic mass is 16.6. The number of ether oxygens (including phenoxy) is 1. The summed E-state index contributed by atoms with van der Waals surface area (Å²) in [4.78, 5) is 10.2. The highest BCUT2D eigenvalue weighted by Gasteiger charge is 2.14. The van der Waals surface area contributed by atoms with Crippen LogP contribution in [0.25, 0.3) is 5.69 Å². The molecule has 100 valence electrons. The number of methoxy groups -OCH3 is 1. The first kappa shape index (κ1) is 13.0. The van der Waals surface area contributed by atoms with Crippen LogP contribution in [0.15, 0.2) is 24.4 Å². The fourth-order valence-electron chi connectivity index (χ4n) is 1.57. The quantitative estimate of drug-likeness (QED) is 0.655. The molecule has 2 N–H and O–H groups in total. The lowest BCUT2D eigenvalue weighted by molar-refractivity contribution is -0.384. The summed E-state index contributed by atoms with van der Waals surface area (Å²) in [6.45, 7) is 1.79. The zero-order valence-electron chi connectivity index (χ0n) is 10.5. The maximum absolute atomic E-state index is 10.7. The molecule has 8 nitrogen and oxygen atoms in total. The Kier molecular flexibility index (Phi) is 3.43. The van der Waals surface area contributed by atoms with Crippen molar-refractivity contribution in [2.75, 3.05) is 7.11 Å². The summed E-state index contributed by atoms with van der Waals surface area (Å²) >= 11 is 0. The normalized spacial score (nSPS) is 12.2. The molecule has 1 heterocycles. The van der Waals surface area contributed by atoms with Gasteiger partial charge in [0.05, 0.1) is 30.0 Å². The van der Waals surface area contributed by atoms with Crippen molar-refractivity contribution in [3.63, 3.8) is 0 Å². The van der Waals surface area contributed by atoms with Crippen molar-refractivity contribution in [3.05, 3.63) is 40.2 Å². The van der Waals surface area contributed by atoms with Gasteiger partial charge in [-0.05, 0) is 13.0 Å². The Labute approximate surface area is 108 Å². The predicted molar refractivity (Wildman–Crippen MR) is 67.2 cm³/mol. The fraction of sp³-hybridized carbons (Fsp3) is 0.273. The van der Waals surface area contributed by atoms with Gasteiger partial charge in [0, 0.05) is 12.1 Å². The van der Waals surface area contributed by atoms with E-state index in [0.29, 0.717) is 17.1 Å². The molecule has 1 aromatic carbocycles. The summed E-state index contributed by atoms with van der Waals surface area (Å²) in [6, 6.07) is 4.03. The van der Waals surface area contributed by atoms with Crippen molar-refractivity contribution in [3.8, 4) is 11.4 Å². The number of nitrogens with zero attached hydrogens (tertiary/aromatic N) is 4. The number of nitro benzene ring substituents is 1. The van der Waals surface area contributed by atoms with E-state index in [4.69, 9.17) is 10.5 Å². The van der Waals surface area contributed by atoms with Gasteiger partial charge >= 0.3 is 0 Å². The van der Waals surface area contributed by atoms with E-state index in [2.05, 4.69) is 10.3 Å². The maximum atomic E-state index is 10.7. The molecule has 1 aromatic heterocycles. The van der Waals surface area contributed by atoms with E-state index < -0.39 is 4.92 Å². The van der Waals surface area contributed by atoms with Crippen LogP contribution in [-0.2, 0) is 0 Å². The highest BCUT2D eigenvalue weighted by Crippen LogP contribution is 2.27. The molecule has 19 heavy (non-hydrogen) atoms. The molecule has 1 atom stereocenters. The number of hydrogen-bond acceptors (Lipinski definition) is 6. The van der Waals surface area contributed by atoms with Gasteiger partial charge in [0.25, 0.3) is 5.69 Å². The van der Waals surface area contributed by atoms with E-state index in [-0.39, 0.29) is 11.7 Å². The minimum Gasteiger partial charge on any atom is -0.494 e. The van der Waals surface area contributed by atoms with E-state index in [1.165, 1.54) is 23.9 Å². The molecule has 0 bridgehead atoms. The van der Waals surface area contributed by atoms with Crippen LogP contribution in [0, 0.1) is 10.1 Å².